The number of anilines is 2. The van der Waals surface area contributed by atoms with Gasteiger partial charge in [-0.15, -0.1) is 10.2 Å². The minimum Gasteiger partial charge on any atom is -0.450 e. The molecule has 1 spiro atoms. The summed E-state index contributed by atoms with van der Waals surface area (Å²) < 4.78 is 21.0. The molecule has 1 unspecified atom stereocenters. The number of fused-ring (bicyclic) bond motifs is 5. The molecule has 8 rings (SSSR count). The fourth-order valence-electron chi connectivity index (χ4n) is 6.18. The molecule has 0 bridgehead atoms. The number of benzene rings is 4. The fourth-order valence-corrected chi connectivity index (χ4v) is 8.23. The summed E-state index contributed by atoms with van der Waals surface area (Å²) in [6.07, 6.45) is 0. The SMILES string of the molecule is O=C1c2oc3ccc(F)cc3c(=O)c2C2(C(=O)N(Cc3ccccc3)c3ccccc32)N1c1nnc(SCc2cccc(Cl)c2)s1. The molecule has 0 N–H and O–H groups in total. The lowest BCUT2D eigenvalue weighted by Crippen LogP contribution is -2.53. The summed E-state index contributed by atoms with van der Waals surface area (Å²) in [5, 5.41) is 9.34. The highest BCUT2D eigenvalue weighted by Crippen LogP contribution is 2.55. The zero-order chi connectivity index (χ0) is 31.6. The maximum Gasteiger partial charge on any atom is 0.297 e. The van der Waals surface area contributed by atoms with E-state index in [1.165, 1.54) is 22.7 Å². The van der Waals surface area contributed by atoms with Crippen LogP contribution in [0, 0.1) is 5.82 Å². The van der Waals surface area contributed by atoms with Crippen molar-refractivity contribution in [2.45, 2.75) is 22.2 Å². The molecule has 2 aromatic heterocycles. The second-order valence-corrected chi connectivity index (χ2v) is 13.4. The van der Waals surface area contributed by atoms with Gasteiger partial charge >= 0.3 is 0 Å². The number of carbonyl (C=O) groups is 2. The molecule has 4 aromatic carbocycles. The van der Waals surface area contributed by atoms with Gasteiger partial charge in [0.1, 0.15) is 11.4 Å². The number of para-hydroxylation sites is 1. The topological polar surface area (TPSA) is 96.6 Å². The van der Waals surface area contributed by atoms with Crippen LogP contribution in [0.15, 0.2) is 111 Å². The van der Waals surface area contributed by atoms with Gasteiger partial charge in [0.2, 0.25) is 10.9 Å². The normalized spacial score (nSPS) is 16.9. The first kappa shape index (κ1) is 28.6. The van der Waals surface area contributed by atoms with Gasteiger partial charge < -0.3 is 9.32 Å². The molecule has 4 heterocycles. The predicted octanol–water partition coefficient (Wildman–Crippen LogP) is 7.18. The Morgan fingerprint density at radius 2 is 1.67 bits per heavy atom. The molecule has 0 aliphatic carbocycles. The van der Waals surface area contributed by atoms with Crippen molar-refractivity contribution in [2.75, 3.05) is 9.80 Å². The van der Waals surface area contributed by atoms with Gasteiger partial charge in [-0.05, 0) is 47.5 Å². The van der Waals surface area contributed by atoms with E-state index in [1.807, 2.05) is 48.5 Å². The van der Waals surface area contributed by atoms with Crippen molar-refractivity contribution in [1.82, 2.24) is 10.2 Å². The lowest BCUT2D eigenvalue weighted by Gasteiger charge is -2.32. The summed E-state index contributed by atoms with van der Waals surface area (Å²) in [6, 6.07) is 27.4. The van der Waals surface area contributed by atoms with E-state index in [0.29, 0.717) is 26.4 Å². The Balaban J connectivity index is 1.32. The number of carbonyl (C=O) groups excluding carboxylic acids is 2. The standard InChI is InChI=1S/C34H20ClFN4O4S2/c35-21-10-6-9-20(15-21)18-45-33-38-37-32(46-33)40-30(42)29-27(28(41)23-16-22(36)13-14-26(23)44-29)34(40)24-11-4-5-12-25(24)39(31(34)43)17-19-7-2-1-3-8-19/h1-16H,17-18H2. The van der Waals surface area contributed by atoms with Gasteiger partial charge in [-0.1, -0.05) is 95.4 Å². The summed E-state index contributed by atoms with van der Waals surface area (Å²) in [7, 11) is 0. The molecular weight excluding hydrogens is 647 g/mol. The van der Waals surface area contributed by atoms with Gasteiger partial charge in [-0.2, -0.15) is 0 Å². The van der Waals surface area contributed by atoms with E-state index in [0.717, 1.165) is 34.6 Å². The molecule has 2 amide bonds. The van der Waals surface area contributed by atoms with E-state index >= 15 is 4.79 Å². The van der Waals surface area contributed by atoms with Crippen LogP contribution in [-0.4, -0.2) is 22.0 Å². The largest absolute Gasteiger partial charge is 0.450 e. The summed E-state index contributed by atoms with van der Waals surface area (Å²) >= 11 is 8.68. The molecule has 0 saturated heterocycles. The van der Waals surface area contributed by atoms with Crippen LogP contribution in [0.5, 0.6) is 0 Å². The van der Waals surface area contributed by atoms with Gasteiger partial charge in [-0.25, -0.2) is 4.39 Å². The fraction of sp³-hybridized carbons (Fsp3) is 0.0882. The Kier molecular flexibility index (Phi) is 6.78. The second-order valence-electron chi connectivity index (χ2n) is 10.8. The molecule has 2 aliphatic heterocycles. The lowest BCUT2D eigenvalue weighted by molar-refractivity contribution is -0.121. The van der Waals surface area contributed by atoms with Crippen molar-refractivity contribution in [2.24, 2.45) is 0 Å². The first-order chi connectivity index (χ1) is 22.4. The monoisotopic (exact) mass is 666 g/mol. The Bertz CT molecular complexity index is 2280. The Morgan fingerprint density at radius 1 is 0.891 bits per heavy atom. The van der Waals surface area contributed by atoms with Crippen molar-refractivity contribution in [3.63, 3.8) is 0 Å². The van der Waals surface area contributed by atoms with Gasteiger partial charge in [0.05, 0.1) is 23.2 Å². The van der Waals surface area contributed by atoms with E-state index in [1.54, 1.807) is 35.2 Å². The van der Waals surface area contributed by atoms with E-state index in [-0.39, 0.29) is 34.0 Å². The third kappa shape index (κ3) is 4.30. The highest BCUT2D eigenvalue weighted by molar-refractivity contribution is 8.00. The summed E-state index contributed by atoms with van der Waals surface area (Å²) in [4.78, 5) is 46.6. The summed E-state index contributed by atoms with van der Waals surface area (Å²) in [6.45, 7) is 0.181. The first-order valence-corrected chi connectivity index (χ1v) is 16.3. The van der Waals surface area contributed by atoms with Gasteiger partial charge in [0.25, 0.3) is 11.8 Å². The zero-order valence-corrected chi connectivity index (χ0v) is 26.0. The molecule has 12 heteroatoms. The Hall–Kier alpha value is -4.84. The van der Waals surface area contributed by atoms with Gasteiger partial charge in [0, 0.05) is 16.3 Å². The van der Waals surface area contributed by atoms with Crippen LogP contribution < -0.4 is 15.2 Å². The number of aromatic nitrogens is 2. The lowest BCUT2D eigenvalue weighted by atomic mass is 9.84. The molecule has 0 fully saturated rings. The maximum atomic E-state index is 15.0. The molecule has 2 aliphatic rings. The number of amides is 2. The number of halogens is 2. The molecule has 226 valence electrons. The minimum absolute atomic E-state index is 0.0328. The van der Waals surface area contributed by atoms with E-state index < -0.39 is 28.6 Å². The van der Waals surface area contributed by atoms with Crippen molar-refractivity contribution >= 4 is 68.3 Å². The maximum absolute atomic E-state index is 15.0. The van der Waals surface area contributed by atoms with Crippen molar-refractivity contribution in [1.29, 1.82) is 0 Å². The van der Waals surface area contributed by atoms with Crippen LogP contribution >= 0.6 is 34.7 Å². The Morgan fingerprint density at radius 3 is 2.50 bits per heavy atom. The summed E-state index contributed by atoms with van der Waals surface area (Å²) in [5.41, 5.74) is -0.0145. The van der Waals surface area contributed by atoms with E-state index in [4.69, 9.17) is 16.0 Å². The third-order valence-corrected chi connectivity index (χ3v) is 10.5. The average molecular weight is 667 g/mol. The number of rotatable bonds is 6. The van der Waals surface area contributed by atoms with Crippen molar-refractivity contribution < 1.29 is 18.4 Å². The second kappa shape index (κ2) is 10.9. The van der Waals surface area contributed by atoms with Crippen LogP contribution in [0.3, 0.4) is 0 Å². The van der Waals surface area contributed by atoms with E-state index in [9.17, 15) is 14.0 Å². The molecule has 8 nitrogen and oxygen atoms in total. The molecular formula is C34H20ClFN4O4S2. The quantitative estimate of drug-likeness (QED) is 0.137. The van der Waals surface area contributed by atoms with Crippen LogP contribution in [-0.2, 0) is 22.6 Å². The number of nitrogens with zero attached hydrogens (tertiary/aromatic N) is 4. The van der Waals surface area contributed by atoms with Crippen LogP contribution in [0.4, 0.5) is 15.2 Å². The average Bonchev–Trinajstić information content (AvgIpc) is 3.70. The molecule has 0 radical (unpaired) electrons. The van der Waals surface area contributed by atoms with Gasteiger partial charge in [0.15, 0.2) is 15.3 Å². The molecule has 0 saturated carbocycles. The minimum atomic E-state index is -1.96. The summed E-state index contributed by atoms with van der Waals surface area (Å²) in [5.74, 6) is -1.65. The molecule has 46 heavy (non-hydrogen) atoms. The smallest absolute Gasteiger partial charge is 0.297 e. The highest BCUT2D eigenvalue weighted by Gasteiger charge is 2.66. The van der Waals surface area contributed by atoms with Crippen LogP contribution in [0.1, 0.15) is 32.8 Å². The third-order valence-electron chi connectivity index (χ3n) is 8.11. The van der Waals surface area contributed by atoms with Crippen molar-refractivity contribution in [3.8, 4) is 0 Å². The highest BCUT2D eigenvalue weighted by atomic mass is 35.5. The number of hydrogen-bond donors (Lipinski definition) is 0. The molecule has 1 atom stereocenters. The molecule has 6 aromatic rings. The van der Waals surface area contributed by atoms with Crippen LogP contribution in [0.2, 0.25) is 5.02 Å². The Labute approximate surface area is 274 Å². The zero-order valence-electron chi connectivity index (χ0n) is 23.6. The van der Waals surface area contributed by atoms with Crippen molar-refractivity contribution in [3.05, 3.63) is 146 Å². The number of hydrogen-bond acceptors (Lipinski definition) is 8. The van der Waals surface area contributed by atoms with Gasteiger partial charge in [-0.3, -0.25) is 19.3 Å². The number of thioether (sulfide) groups is 1. The predicted molar refractivity (Wildman–Crippen MR) is 175 cm³/mol. The van der Waals surface area contributed by atoms with E-state index in [2.05, 4.69) is 10.2 Å². The first-order valence-electron chi connectivity index (χ1n) is 14.1. The van der Waals surface area contributed by atoms with Crippen LogP contribution in [0.25, 0.3) is 11.0 Å².